The summed E-state index contributed by atoms with van der Waals surface area (Å²) < 4.78 is 1.56. The number of aryl methyl sites for hydroxylation is 1. The number of hydrogen-bond donors (Lipinski definition) is 1. The lowest BCUT2D eigenvalue weighted by atomic mass is 10.2. The first kappa shape index (κ1) is 18.6. The van der Waals surface area contributed by atoms with Crippen LogP contribution in [0.2, 0.25) is 0 Å². The van der Waals surface area contributed by atoms with Crippen LogP contribution in [-0.4, -0.2) is 9.38 Å². The molecular weight excluding hydrogens is 360 g/mol. The number of aromatic nitrogens is 2. The van der Waals surface area contributed by atoms with E-state index in [0.717, 1.165) is 16.7 Å². The van der Waals surface area contributed by atoms with E-state index in [1.54, 1.807) is 16.7 Å². The molecule has 4 aromatic rings. The maximum Gasteiger partial charge on any atom is 0.258 e. The van der Waals surface area contributed by atoms with Gasteiger partial charge in [0.15, 0.2) is 5.49 Å². The van der Waals surface area contributed by atoms with Gasteiger partial charge >= 0.3 is 0 Å². The van der Waals surface area contributed by atoms with Crippen LogP contribution >= 0.6 is 0 Å². The van der Waals surface area contributed by atoms with Crippen molar-refractivity contribution in [3.8, 4) is 0 Å². The third kappa shape index (κ3) is 4.41. The summed E-state index contributed by atoms with van der Waals surface area (Å²) in [5, 5.41) is 3.35. The molecule has 0 aliphatic rings. The van der Waals surface area contributed by atoms with Crippen LogP contribution in [0.25, 0.3) is 5.65 Å². The lowest BCUT2D eigenvalue weighted by molar-refractivity contribution is 0.962. The number of anilines is 1. The van der Waals surface area contributed by atoms with Crippen molar-refractivity contribution in [2.75, 3.05) is 5.32 Å². The van der Waals surface area contributed by atoms with Gasteiger partial charge in [-0.3, -0.25) is 14.2 Å². The van der Waals surface area contributed by atoms with Gasteiger partial charge in [-0.25, -0.2) is 4.98 Å². The van der Waals surface area contributed by atoms with E-state index in [1.165, 1.54) is 0 Å². The molecule has 0 atom stereocenters. The number of fused-ring (bicyclic) bond motifs is 1. The van der Waals surface area contributed by atoms with E-state index in [2.05, 4.69) is 5.32 Å². The van der Waals surface area contributed by atoms with Crippen LogP contribution in [-0.2, 0) is 13.1 Å². The molecule has 2 aromatic heterocycles. The zero-order chi connectivity index (χ0) is 20.1. The number of nitrogens with zero attached hydrogens (tertiary/aromatic N) is 3. The molecule has 0 radical (unpaired) electrons. The lowest BCUT2D eigenvalue weighted by Gasteiger charge is -2.04. The molecule has 1 N–H and O–H groups in total. The van der Waals surface area contributed by atoms with E-state index in [0.29, 0.717) is 29.9 Å². The van der Waals surface area contributed by atoms with E-state index >= 15 is 0 Å². The standard InChI is InChI=1S/C24H22N4O/c1-18-9-8-14-28-22(29)15-21(25-16-19-10-4-2-5-11-19)23(27-24(18)28)26-17-20-12-6-3-7-13-20/h2-15,25H,16-17H2,1H3. The summed E-state index contributed by atoms with van der Waals surface area (Å²) in [5.41, 5.74) is 4.74. The molecule has 0 aliphatic heterocycles. The minimum atomic E-state index is -0.145. The average Bonchev–Trinajstić information content (AvgIpc) is 2.89. The van der Waals surface area contributed by atoms with Crippen molar-refractivity contribution in [3.05, 3.63) is 118 Å². The highest BCUT2D eigenvalue weighted by Crippen LogP contribution is 2.07. The smallest absolute Gasteiger partial charge is 0.258 e. The number of rotatable bonds is 5. The molecule has 0 saturated heterocycles. The number of pyridine rings is 1. The van der Waals surface area contributed by atoms with Crippen molar-refractivity contribution in [2.24, 2.45) is 4.99 Å². The Hall–Kier alpha value is -3.73. The predicted octanol–water partition coefficient (Wildman–Crippen LogP) is 3.72. The molecule has 29 heavy (non-hydrogen) atoms. The molecule has 2 heterocycles. The second-order valence-electron chi connectivity index (χ2n) is 6.86. The fourth-order valence-electron chi connectivity index (χ4n) is 3.14. The van der Waals surface area contributed by atoms with Crippen LogP contribution in [0.1, 0.15) is 16.7 Å². The van der Waals surface area contributed by atoms with Gasteiger partial charge in [-0.05, 0) is 29.7 Å². The number of nitrogens with one attached hydrogen (secondary N) is 1. The van der Waals surface area contributed by atoms with Crippen LogP contribution in [0.15, 0.2) is 94.8 Å². The monoisotopic (exact) mass is 382 g/mol. The van der Waals surface area contributed by atoms with Gasteiger partial charge in [0.2, 0.25) is 0 Å². The maximum absolute atomic E-state index is 12.8. The zero-order valence-corrected chi connectivity index (χ0v) is 16.2. The minimum Gasteiger partial charge on any atom is -0.378 e. The summed E-state index contributed by atoms with van der Waals surface area (Å²) >= 11 is 0. The third-order valence-electron chi connectivity index (χ3n) is 4.70. The van der Waals surface area contributed by atoms with Gasteiger partial charge in [0.1, 0.15) is 5.65 Å². The van der Waals surface area contributed by atoms with Crippen molar-refractivity contribution in [2.45, 2.75) is 20.0 Å². The summed E-state index contributed by atoms with van der Waals surface area (Å²) in [5.74, 6) is 0. The van der Waals surface area contributed by atoms with E-state index in [-0.39, 0.29) is 5.56 Å². The first-order valence-electron chi connectivity index (χ1n) is 9.56. The van der Waals surface area contributed by atoms with Gasteiger partial charge in [0.05, 0.1) is 12.2 Å². The van der Waals surface area contributed by atoms with Crippen LogP contribution < -0.4 is 16.4 Å². The first-order valence-corrected chi connectivity index (χ1v) is 9.56. The Kier molecular flexibility index (Phi) is 5.47. The van der Waals surface area contributed by atoms with Crippen molar-refractivity contribution >= 4 is 11.3 Å². The van der Waals surface area contributed by atoms with Crippen molar-refractivity contribution in [3.63, 3.8) is 0 Å². The molecule has 5 heteroatoms. The maximum atomic E-state index is 12.8. The molecule has 5 nitrogen and oxygen atoms in total. The summed E-state index contributed by atoms with van der Waals surface area (Å²) in [7, 11) is 0. The van der Waals surface area contributed by atoms with Crippen LogP contribution in [0, 0.1) is 6.92 Å². The van der Waals surface area contributed by atoms with Crippen molar-refractivity contribution in [1.29, 1.82) is 0 Å². The van der Waals surface area contributed by atoms with Crippen molar-refractivity contribution in [1.82, 2.24) is 9.38 Å². The molecular formula is C24H22N4O. The van der Waals surface area contributed by atoms with Gasteiger partial charge < -0.3 is 5.32 Å². The Morgan fingerprint density at radius 2 is 1.62 bits per heavy atom. The van der Waals surface area contributed by atoms with E-state index in [1.807, 2.05) is 79.7 Å². The van der Waals surface area contributed by atoms with Crippen LogP contribution in [0.5, 0.6) is 0 Å². The number of benzene rings is 2. The van der Waals surface area contributed by atoms with Gasteiger partial charge in [0, 0.05) is 18.8 Å². The molecule has 0 aliphatic carbocycles. The second-order valence-corrected chi connectivity index (χ2v) is 6.86. The topological polar surface area (TPSA) is 58.8 Å². The predicted molar refractivity (Wildman–Crippen MR) is 116 cm³/mol. The van der Waals surface area contributed by atoms with Gasteiger partial charge in [-0.2, -0.15) is 0 Å². The molecule has 144 valence electrons. The molecule has 2 aromatic carbocycles. The van der Waals surface area contributed by atoms with Gasteiger partial charge in [-0.15, -0.1) is 0 Å². The summed E-state index contributed by atoms with van der Waals surface area (Å²) in [6.07, 6.45) is 1.74. The lowest BCUT2D eigenvalue weighted by Crippen LogP contribution is -2.15. The Morgan fingerprint density at radius 1 is 0.931 bits per heavy atom. The SMILES string of the molecule is Cc1cccn2c(=O)cc(NCc3ccccc3)c(=NCc3ccccc3)nc12. The molecule has 0 amide bonds. The Balaban J connectivity index is 1.83. The highest BCUT2D eigenvalue weighted by atomic mass is 16.1. The Labute approximate surface area is 169 Å². The molecule has 0 unspecified atom stereocenters. The normalized spacial score (nSPS) is 11.6. The van der Waals surface area contributed by atoms with Crippen LogP contribution in [0.4, 0.5) is 5.69 Å². The molecule has 0 fully saturated rings. The first-order chi connectivity index (χ1) is 14.2. The molecule has 4 rings (SSSR count). The third-order valence-corrected chi connectivity index (χ3v) is 4.70. The van der Waals surface area contributed by atoms with E-state index < -0.39 is 0 Å². The average molecular weight is 382 g/mol. The highest BCUT2D eigenvalue weighted by Gasteiger charge is 2.05. The molecule has 0 saturated carbocycles. The Bertz CT molecular complexity index is 1250. The minimum absolute atomic E-state index is 0.145. The van der Waals surface area contributed by atoms with Crippen LogP contribution in [0.3, 0.4) is 0 Å². The highest BCUT2D eigenvalue weighted by molar-refractivity contribution is 5.49. The van der Waals surface area contributed by atoms with Gasteiger partial charge in [0.25, 0.3) is 5.56 Å². The fraction of sp³-hybridized carbons (Fsp3) is 0.125. The fourth-order valence-corrected chi connectivity index (χ4v) is 3.14. The van der Waals surface area contributed by atoms with Crippen molar-refractivity contribution < 1.29 is 0 Å². The number of hydrogen-bond acceptors (Lipinski definition) is 4. The van der Waals surface area contributed by atoms with E-state index in [9.17, 15) is 4.79 Å². The molecule has 0 spiro atoms. The largest absolute Gasteiger partial charge is 0.378 e. The van der Waals surface area contributed by atoms with E-state index in [4.69, 9.17) is 9.98 Å². The summed E-state index contributed by atoms with van der Waals surface area (Å²) in [6, 6.07) is 25.4. The van der Waals surface area contributed by atoms with Gasteiger partial charge in [-0.1, -0.05) is 66.7 Å². The second kappa shape index (κ2) is 8.52. The summed E-state index contributed by atoms with van der Waals surface area (Å²) in [4.78, 5) is 22.3. The Morgan fingerprint density at radius 3 is 2.34 bits per heavy atom. The molecule has 0 bridgehead atoms. The zero-order valence-electron chi connectivity index (χ0n) is 16.2. The summed E-state index contributed by atoms with van der Waals surface area (Å²) in [6.45, 7) is 3.02. The quantitative estimate of drug-likeness (QED) is 0.572.